The van der Waals surface area contributed by atoms with Crippen molar-refractivity contribution in [2.75, 3.05) is 0 Å². The minimum Gasteiger partial charge on any atom is -0.0654 e. The molecule has 0 aliphatic carbocycles. The Labute approximate surface area is 522 Å². The number of unbranched alkanes of at least 4 members (excludes halogenated alkanes) is 45. The molecule has 0 unspecified atom stereocenters. The quantitative estimate of drug-likeness (QED) is 0.0358. The van der Waals surface area contributed by atoms with E-state index in [1.165, 1.54) is 335 Å². The van der Waals surface area contributed by atoms with E-state index in [4.69, 9.17) is 0 Å². The molecule has 2 nitrogen and oxygen atoms in total. The van der Waals surface area contributed by atoms with Crippen molar-refractivity contribution in [2.24, 2.45) is 0 Å². The molecule has 0 radical (unpaired) electrons. The van der Waals surface area contributed by atoms with Gasteiger partial charge in [-0.25, -0.2) is 4.70 Å². The van der Waals surface area contributed by atoms with Crippen LogP contribution in [0.3, 0.4) is 0 Å². The van der Waals surface area contributed by atoms with Crippen molar-refractivity contribution >= 4 is 11.4 Å². The summed E-state index contributed by atoms with van der Waals surface area (Å²) < 4.78 is 1.53. The minimum atomic E-state index is 1.00. The zero-order valence-corrected chi connectivity index (χ0v) is 57.7. The summed E-state index contributed by atoms with van der Waals surface area (Å²) in [6.07, 6.45) is 77.3. The first-order valence-electron chi connectivity index (χ1n) is 37.1. The van der Waals surface area contributed by atoms with Gasteiger partial charge in [-0.05, 0) is 86.8 Å². The van der Waals surface area contributed by atoms with Crippen LogP contribution in [-0.2, 0) is 30.8 Å². The molecule has 0 saturated heterocycles. The predicted octanol–water partition coefficient (Wildman–Crippen LogP) is 28.6. The van der Waals surface area contributed by atoms with Gasteiger partial charge >= 0.3 is 169 Å². The number of hydrogen-bond donors (Lipinski definition) is 0. The van der Waals surface area contributed by atoms with Crippen molar-refractivity contribution in [2.45, 2.75) is 404 Å². The molecule has 0 fully saturated rings. The molecule has 2 aromatic carbocycles. The van der Waals surface area contributed by atoms with Gasteiger partial charge in [0.2, 0.25) is 11.4 Å². The monoisotopic (exact) mass is 1220 g/mol. The molecule has 3 rings (SSSR count). The first-order valence-corrected chi connectivity index (χ1v) is 39.3. The van der Waals surface area contributed by atoms with Gasteiger partial charge in [0.25, 0.3) is 0 Å². The molecule has 1 aliphatic rings. The van der Waals surface area contributed by atoms with Gasteiger partial charge in [0.15, 0.2) is 0 Å². The standard InChI is InChI=1S/C35H50N2.2C22H45.Pd/c1-5-9-13-16-28-20-24-30(25-21-28)34-32(18-12-8-4)33(19-15-11-7-3)35(37(34)36)31-26-22-29(23-27-31)17-14-10-6-2;2*1-3-5-7-9-11-13-15-17-19-21-22-20-18-16-14-12-10-8-6-4-2;/h20-27H,5-19H2,1-4H3;2*1,3-22H2,2H3;. The summed E-state index contributed by atoms with van der Waals surface area (Å²) in [5, 5.41) is 0. The van der Waals surface area contributed by atoms with Crippen LogP contribution in [0, 0.1) is 0 Å². The van der Waals surface area contributed by atoms with Crippen molar-refractivity contribution in [3.63, 3.8) is 0 Å². The van der Waals surface area contributed by atoms with Crippen molar-refractivity contribution in [3.8, 4) is 0 Å². The van der Waals surface area contributed by atoms with Gasteiger partial charge in [-0.1, -0.05) is 226 Å². The number of nitrogens with zero attached hydrogens (tertiary/aromatic N) is 2. The number of aryl methyl sites for hydroxylation is 2. The second kappa shape index (κ2) is 58.2. The summed E-state index contributed by atoms with van der Waals surface area (Å²) in [7, 11) is 0. The Morgan fingerprint density at radius 1 is 0.244 bits per heavy atom. The normalized spacial score (nSPS) is 12.6. The summed E-state index contributed by atoms with van der Waals surface area (Å²) in [5.41, 5.74) is 21.5. The SMILES string of the molecule is CCCCCC1=C(c2ccc(CCCCC)cc2)[N+](=[N-])C(c2ccc(CCCCC)cc2)=C1CCCC.CCCCCCCCCCCCCCCCCCCCC[CH2][Pd][CH2]CCCCCCCCCCCCCCCCCCCCC. The molecule has 476 valence electrons. The molecule has 0 spiro atoms. The van der Waals surface area contributed by atoms with Crippen LogP contribution >= 0.6 is 0 Å². The summed E-state index contributed by atoms with van der Waals surface area (Å²) >= 11 is 1.06. The first-order chi connectivity index (χ1) is 40.6. The molecule has 1 heterocycles. The third kappa shape index (κ3) is 40.5. The van der Waals surface area contributed by atoms with E-state index in [9.17, 15) is 5.53 Å². The molecule has 2 aromatic rings. The number of allylic oxidation sites excluding steroid dienone is 2. The summed E-state index contributed by atoms with van der Waals surface area (Å²) in [4.78, 5) is 3.10. The van der Waals surface area contributed by atoms with Gasteiger partial charge in [0.1, 0.15) is 0 Å². The number of benzene rings is 2. The number of hydrogen-bond acceptors (Lipinski definition) is 0. The topological polar surface area (TPSA) is 25.3 Å². The van der Waals surface area contributed by atoms with Crippen LogP contribution in [-0.4, -0.2) is 4.70 Å². The number of rotatable bonds is 59. The fraction of sp³-hybridized carbons (Fsp3) is 0.797. The maximum absolute atomic E-state index is 11.8. The van der Waals surface area contributed by atoms with Gasteiger partial charge in [-0.3, -0.25) is 0 Å². The molecule has 0 N–H and O–H groups in total. The molecule has 0 atom stereocenters. The summed E-state index contributed by atoms with van der Waals surface area (Å²) in [5.74, 6) is 0. The second-order valence-electron chi connectivity index (χ2n) is 25.7. The molecule has 0 aromatic heterocycles. The van der Waals surface area contributed by atoms with Crippen LogP contribution in [0.2, 0.25) is 9.79 Å². The third-order valence-corrected chi connectivity index (χ3v) is 20.1. The van der Waals surface area contributed by atoms with E-state index < -0.39 is 0 Å². The molecular weight excluding hydrogens is 1080 g/mol. The van der Waals surface area contributed by atoms with Crippen molar-refractivity contribution < 1.29 is 22.7 Å². The van der Waals surface area contributed by atoms with Crippen molar-refractivity contribution in [1.29, 1.82) is 0 Å². The molecule has 0 bridgehead atoms. The first kappa shape index (κ1) is 76.3. The van der Waals surface area contributed by atoms with Crippen LogP contribution in [0.4, 0.5) is 0 Å². The van der Waals surface area contributed by atoms with Gasteiger partial charge < -0.3 is 5.53 Å². The van der Waals surface area contributed by atoms with Gasteiger partial charge in [-0.15, -0.1) is 0 Å². The van der Waals surface area contributed by atoms with Gasteiger partial charge in [0.05, 0.1) is 0 Å². The van der Waals surface area contributed by atoms with E-state index in [0.29, 0.717) is 0 Å². The van der Waals surface area contributed by atoms with Gasteiger partial charge in [-0.2, -0.15) is 0 Å². The summed E-state index contributed by atoms with van der Waals surface area (Å²) in [6, 6.07) is 18.0. The van der Waals surface area contributed by atoms with E-state index in [-0.39, 0.29) is 0 Å². The van der Waals surface area contributed by atoms with Gasteiger partial charge in [0, 0.05) is 22.3 Å². The summed E-state index contributed by atoms with van der Waals surface area (Å²) in [6.45, 7) is 13.7. The fourth-order valence-corrected chi connectivity index (χ4v) is 14.4. The molecule has 1 aliphatic heterocycles. The van der Waals surface area contributed by atoms with E-state index >= 15 is 0 Å². The second-order valence-corrected chi connectivity index (χ2v) is 28.1. The van der Waals surface area contributed by atoms with Crippen molar-refractivity contribution in [3.05, 3.63) is 87.5 Å². The molecule has 3 heteroatoms. The Bertz CT molecular complexity index is 1710. The Balaban J connectivity index is 0.000000569. The van der Waals surface area contributed by atoms with E-state index in [0.717, 1.165) is 85.4 Å². The zero-order chi connectivity index (χ0) is 58.9. The van der Waals surface area contributed by atoms with Crippen molar-refractivity contribution in [1.82, 2.24) is 0 Å². The van der Waals surface area contributed by atoms with Crippen LogP contribution in [0.25, 0.3) is 16.9 Å². The van der Waals surface area contributed by atoms with Crippen LogP contribution in [0.1, 0.15) is 404 Å². The average Bonchev–Trinajstić information content (AvgIpc) is 2.93. The zero-order valence-electron chi connectivity index (χ0n) is 56.1. The smallest absolute Gasteiger partial charge is 0.0654 e. The molecule has 82 heavy (non-hydrogen) atoms. The maximum atomic E-state index is 11.8. The van der Waals surface area contributed by atoms with E-state index in [1.807, 2.05) is 0 Å². The molecular formula is C79H140N2Pd. The third-order valence-electron chi connectivity index (χ3n) is 17.9. The van der Waals surface area contributed by atoms with E-state index in [2.05, 4.69) is 90.1 Å². The minimum absolute atomic E-state index is 1.00. The predicted molar refractivity (Wildman–Crippen MR) is 366 cm³/mol. The average molecular weight is 1220 g/mol. The van der Waals surface area contributed by atoms with Crippen LogP contribution < -0.4 is 0 Å². The fourth-order valence-electron chi connectivity index (χ4n) is 12.4. The molecule has 0 amide bonds. The Morgan fingerprint density at radius 3 is 0.707 bits per heavy atom. The van der Waals surface area contributed by atoms with E-state index in [1.54, 1.807) is 9.79 Å². The Kier molecular flexibility index (Phi) is 54.2. The molecule has 0 saturated carbocycles. The Hall–Kier alpha value is -1.82. The Morgan fingerprint density at radius 2 is 0.451 bits per heavy atom. The van der Waals surface area contributed by atoms with Crippen LogP contribution in [0.5, 0.6) is 0 Å². The van der Waals surface area contributed by atoms with Crippen LogP contribution in [0.15, 0.2) is 59.7 Å².